The lowest BCUT2D eigenvalue weighted by molar-refractivity contribution is 0.0932. The number of hydrogen-bond acceptors (Lipinski definition) is 5. The van der Waals surface area contributed by atoms with E-state index in [0.29, 0.717) is 25.4 Å². The first-order chi connectivity index (χ1) is 12.1. The smallest absolute Gasteiger partial charge is 0.274 e. The SMILES string of the molecule is CCOc1ccc(NC(=O)c2cccc(C(=O)NCCOC)n2)cc1. The van der Waals surface area contributed by atoms with Gasteiger partial charge in [-0.25, -0.2) is 4.98 Å². The first-order valence-corrected chi connectivity index (χ1v) is 7.92. The van der Waals surface area contributed by atoms with E-state index in [1.165, 1.54) is 0 Å². The molecule has 0 bridgehead atoms. The van der Waals surface area contributed by atoms with Gasteiger partial charge in [0, 0.05) is 19.3 Å². The van der Waals surface area contributed by atoms with E-state index in [4.69, 9.17) is 9.47 Å². The summed E-state index contributed by atoms with van der Waals surface area (Å²) < 4.78 is 10.2. The fraction of sp³-hybridized carbons (Fsp3) is 0.278. The van der Waals surface area contributed by atoms with E-state index in [1.807, 2.05) is 6.92 Å². The van der Waals surface area contributed by atoms with Crippen molar-refractivity contribution < 1.29 is 19.1 Å². The van der Waals surface area contributed by atoms with E-state index in [1.54, 1.807) is 49.6 Å². The molecule has 0 aliphatic heterocycles. The van der Waals surface area contributed by atoms with E-state index in [9.17, 15) is 9.59 Å². The lowest BCUT2D eigenvalue weighted by Crippen LogP contribution is -2.28. The lowest BCUT2D eigenvalue weighted by atomic mass is 10.2. The fourth-order valence-electron chi connectivity index (χ4n) is 2.04. The Kier molecular flexibility index (Phi) is 6.91. The van der Waals surface area contributed by atoms with Crippen molar-refractivity contribution in [2.45, 2.75) is 6.92 Å². The third-order valence-electron chi connectivity index (χ3n) is 3.23. The molecule has 0 unspecified atom stereocenters. The Hall–Kier alpha value is -2.93. The maximum Gasteiger partial charge on any atom is 0.274 e. The van der Waals surface area contributed by atoms with Gasteiger partial charge in [0.1, 0.15) is 17.1 Å². The third kappa shape index (κ3) is 5.58. The second-order valence-corrected chi connectivity index (χ2v) is 5.07. The molecule has 2 aromatic rings. The van der Waals surface area contributed by atoms with Gasteiger partial charge in [-0.3, -0.25) is 9.59 Å². The Bertz CT molecular complexity index is 717. The Labute approximate surface area is 146 Å². The highest BCUT2D eigenvalue weighted by molar-refractivity contribution is 6.03. The average Bonchev–Trinajstić information content (AvgIpc) is 2.64. The summed E-state index contributed by atoms with van der Waals surface area (Å²) in [7, 11) is 1.55. The van der Waals surface area contributed by atoms with E-state index in [2.05, 4.69) is 15.6 Å². The van der Waals surface area contributed by atoms with Crippen LogP contribution in [0.25, 0.3) is 0 Å². The van der Waals surface area contributed by atoms with Gasteiger partial charge in [-0.2, -0.15) is 0 Å². The minimum absolute atomic E-state index is 0.160. The van der Waals surface area contributed by atoms with Crippen LogP contribution in [0.3, 0.4) is 0 Å². The van der Waals surface area contributed by atoms with Gasteiger partial charge >= 0.3 is 0 Å². The number of benzene rings is 1. The quantitative estimate of drug-likeness (QED) is 0.717. The second kappa shape index (κ2) is 9.39. The van der Waals surface area contributed by atoms with Crippen molar-refractivity contribution in [2.24, 2.45) is 0 Å². The Morgan fingerprint density at radius 2 is 1.72 bits per heavy atom. The van der Waals surface area contributed by atoms with Gasteiger partial charge in [-0.05, 0) is 43.3 Å². The van der Waals surface area contributed by atoms with E-state index >= 15 is 0 Å². The molecule has 0 fully saturated rings. The van der Waals surface area contributed by atoms with Crippen LogP contribution in [-0.2, 0) is 4.74 Å². The molecule has 25 heavy (non-hydrogen) atoms. The van der Waals surface area contributed by atoms with Crippen LogP contribution < -0.4 is 15.4 Å². The van der Waals surface area contributed by atoms with E-state index < -0.39 is 5.91 Å². The summed E-state index contributed by atoms with van der Waals surface area (Å²) in [5, 5.41) is 5.40. The van der Waals surface area contributed by atoms with E-state index in [0.717, 1.165) is 5.75 Å². The molecule has 132 valence electrons. The summed E-state index contributed by atoms with van der Waals surface area (Å²) in [6, 6.07) is 11.7. The number of anilines is 1. The van der Waals surface area contributed by atoms with Crippen molar-refractivity contribution in [2.75, 3.05) is 32.2 Å². The van der Waals surface area contributed by atoms with Crippen LogP contribution in [0, 0.1) is 0 Å². The normalized spacial score (nSPS) is 10.2. The summed E-state index contributed by atoms with van der Waals surface area (Å²) in [5.74, 6) is -0.0168. The Morgan fingerprint density at radius 1 is 1.04 bits per heavy atom. The van der Waals surface area contributed by atoms with Gasteiger partial charge in [-0.15, -0.1) is 0 Å². The van der Waals surface area contributed by atoms with Gasteiger partial charge in [0.05, 0.1) is 13.2 Å². The van der Waals surface area contributed by atoms with E-state index in [-0.39, 0.29) is 17.3 Å². The summed E-state index contributed by atoms with van der Waals surface area (Å²) >= 11 is 0. The molecular weight excluding hydrogens is 322 g/mol. The largest absolute Gasteiger partial charge is 0.494 e. The summed E-state index contributed by atoms with van der Waals surface area (Å²) in [6.45, 7) is 3.26. The number of ether oxygens (including phenoxy) is 2. The van der Waals surface area contributed by atoms with Crippen molar-refractivity contribution >= 4 is 17.5 Å². The fourth-order valence-corrected chi connectivity index (χ4v) is 2.04. The van der Waals surface area contributed by atoms with Crippen molar-refractivity contribution in [1.29, 1.82) is 0 Å². The predicted molar refractivity (Wildman–Crippen MR) is 94.0 cm³/mol. The molecule has 1 aromatic heterocycles. The standard InChI is InChI=1S/C18H21N3O4/c1-3-25-14-9-7-13(8-10-14)20-18(23)16-6-4-5-15(21-16)17(22)19-11-12-24-2/h4-10H,3,11-12H2,1-2H3,(H,19,22)(H,20,23). The second-order valence-electron chi connectivity index (χ2n) is 5.07. The first kappa shape index (κ1) is 18.4. The highest BCUT2D eigenvalue weighted by Crippen LogP contribution is 2.16. The molecule has 0 saturated heterocycles. The summed E-state index contributed by atoms with van der Waals surface area (Å²) in [6.07, 6.45) is 0. The monoisotopic (exact) mass is 343 g/mol. The molecule has 0 aliphatic rings. The molecule has 0 saturated carbocycles. The molecule has 1 aromatic carbocycles. The number of aromatic nitrogens is 1. The molecule has 0 radical (unpaired) electrons. The van der Waals surface area contributed by atoms with Crippen LogP contribution in [0.1, 0.15) is 27.9 Å². The third-order valence-corrected chi connectivity index (χ3v) is 3.23. The maximum atomic E-state index is 12.3. The number of carbonyl (C=O) groups is 2. The minimum atomic E-state index is -0.393. The molecule has 1 heterocycles. The number of methoxy groups -OCH3 is 1. The Morgan fingerprint density at radius 3 is 2.36 bits per heavy atom. The summed E-state index contributed by atoms with van der Waals surface area (Å²) in [4.78, 5) is 28.4. The van der Waals surface area contributed by atoms with Gasteiger partial charge in [0.25, 0.3) is 11.8 Å². The van der Waals surface area contributed by atoms with Crippen LogP contribution in [0.15, 0.2) is 42.5 Å². The van der Waals surface area contributed by atoms with Gasteiger partial charge < -0.3 is 20.1 Å². The van der Waals surface area contributed by atoms with Crippen LogP contribution in [-0.4, -0.2) is 43.7 Å². The number of nitrogens with zero attached hydrogens (tertiary/aromatic N) is 1. The van der Waals surface area contributed by atoms with Crippen molar-refractivity contribution in [3.8, 4) is 5.75 Å². The van der Waals surface area contributed by atoms with Gasteiger partial charge in [0.2, 0.25) is 0 Å². The van der Waals surface area contributed by atoms with Crippen LogP contribution >= 0.6 is 0 Å². The highest BCUT2D eigenvalue weighted by atomic mass is 16.5. The number of rotatable bonds is 8. The molecule has 2 amide bonds. The number of hydrogen-bond donors (Lipinski definition) is 2. The molecule has 2 N–H and O–H groups in total. The molecule has 7 heteroatoms. The highest BCUT2D eigenvalue weighted by Gasteiger charge is 2.12. The first-order valence-electron chi connectivity index (χ1n) is 7.92. The van der Waals surface area contributed by atoms with Crippen LogP contribution in [0.5, 0.6) is 5.75 Å². The van der Waals surface area contributed by atoms with Gasteiger partial charge in [-0.1, -0.05) is 6.07 Å². The summed E-state index contributed by atoms with van der Waals surface area (Å²) in [5.41, 5.74) is 0.953. The van der Waals surface area contributed by atoms with Crippen LogP contribution in [0.2, 0.25) is 0 Å². The molecule has 0 atom stereocenters. The van der Waals surface area contributed by atoms with Crippen molar-refractivity contribution in [3.05, 3.63) is 53.9 Å². The average molecular weight is 343 g/mol. The topological polar surface area (TPSA) is 89.5 Å². The zero-order chi connectivity index (χ0) is 18.1. The molecule has 0 aliphatic carbocycles. The lowest BCUT2D eigenvalue weighted by Gasteiger charge is -2.08. The zero-order valence-corrected chi connectivity index (χ0v) is 14.2. The van der Waals surface area contributed by atoms with Crippen molar-refractivity contribution in [3.63, 3.8) is 0 Å². The molecular formula is C18H21N3O4. The zero-order valence-electron chi connectivity index (χ0n) is 14.2. The number of amides is 2. The molecule has 7 nitrogen and oxygen atoms in total. The van der Waals surface area contributed by atoms with Gasteiger partial charge in [0.15, 0.2) is 0 Å². The maximum absolute atomic E-state index is 12.3. The number of pyridine rings is 1. The van der Waals surface area contributed by atoms with Crippen LogP contribution in [0.4, 0.5) is 5.69 Å². The predicted octanol–water partition coefficient (Wildman–Crippen LogP) is 2.11. The number of carbonyl (C=O) groups excluding carboxylic acids is 2. The molecule has 0 spiro atoms. The number of nitrogens with one attached hydrogen (secondary N) is 2. The molecule has 2 rings (SSSR count). The Balaban J connectivity index is 2.01. The minimum Gasteiger partial charge on any atom is -0.494 e. The van der Waals surface area contributed by atoms with Crippen molar-refractivity contribution in [1.82, 2.24) is 10.3 Å².